The maximum Gasteiger partial charge on any atom is 0.225 e. The van der Waals surface area contributed by atoms with Crippen LogP contribution < -0.4 is 10.2 Å². The van der Waals surface area contributed by atoms with Gasteiger partial charge in [0.1, 0.15) is 0 Å². The number of nitrogens with zero attached hydrogens (tertiary/aromatic N) is 3. The van der Waals surface area contributed by atoms with Crippen LogP contribution in [0.2, 0.25) is 5.02 Å². The molecule has 0 spiro atoms. The summed E-state index contributed by atoms with van der Waals surface area (Å²) in [6.45, 7) is 2.68. The van der Waals surface area contributed by atoms with Crippen LogP contribution in [-0.4, -0.2) is 35.5 Å². The normalized spacial score (nSPS) is 20.1. The second-order valence-electron chi connectivity index (χ2n) is 6.00. The molecule has 1 amide bonds. The van der Waals surface area contributed by atoms with Crippen molar-refractivity contribution in [2.75, 3.05) is 24.5 Å². The third-order valence-electron chi connectivity index (χ3n) is 4.55. The maximum absolute atomic E-state index is 11.8. The van der Waals surface area contributed by atoms with Gasteiger partial charge in [-0.1, -0.05) is 18.0 Å². The number of hydrogen-bond donors (Lipinski definition) is 1. The molecule has 114 valence electrons. The standard InChI is InChI=1S/C15H21ClN4O/c16-13-9-18-15(19-10-13)20-6-4-11(5-7-20)8-17-14(21)12-2-1-3-12/h9-12H,1-8H2,(H,17,21). The Morgan fingerprint density at radius 1 is 1.24 bits per heavy atom. The predicted molar refractivity (Wildman–Crippen MR) is 82.3 cm³/mol. The molecule has 2 heterocycles. The molecular formula is C15H21ClN4O. The van der Waals surface area contributed by atoms with E-state index in [1.54, 1.807) is 12.4 Å². The highest BCUT2D eigenvalue weighted by Crippen LogP contribution is 2.26. The summed E-state index contributed by atoms with van der Waals surface area (Å²) < 4.78 is 0. The first-order valence-corrected chi connectivity index (χ1v) is 8.10. The number of nitrogens with one attached hydrogen (secondary N) is 1. The summed E-state index contributed by atoms with van der Waals surface area (Å²) in [5, 5.41) is 3.67. The van der Waals surface area contributed by atoms with E-state index in [1.807, 2.05) is 0 Å². The van der Waals surface area contributed by atoms with E-state index < -0.39 is 0 Å². The summed E-state index contributed by atoms with van der Waals surface area (Å²) in [4.78, 5) is 22.5. The summed E-state index contributed by atoms with van der Waals surface area (Å²) in [7, 11) is 0. The Labute approximate surface area is 130 Å². The van der Waals surface area contributed by atoms with E-state index in [1.165, 1.54) is 6.42 Å². The summed E-state index contributed by atoms with van der Waals surface area (Å²) in [5.41, 5.74) is 0. The van der Waals surface area contributed by atoms with Crippen molar-refractivity contribution in [1.29, 1.82) is 0 Å². The van der Waals surface area contributed by atoms with Crippen LogP contribution in [0.25, 0.3) is 0 Å². The lowest BCUT2D eigenvalue weighted by atomic mass is 9.84. The van der Waals surface area contributed by atoms with Gasteiger partial charge in [-0.15, -0.1) is 0 Å². The monoisotopic (exact) mass is 308 g/mol. The Hall–Kier alpha value is -1.36. The predicted octanol–water partition coefficient (Wildman–Crippen LogP) is 2.26. The molecule has 1 saturated heterocycles. The molecule has 1 saturated carbocycles. The average Bonchev–Trinajstić information content (AvgIpc) is 2.45. The SMILES string of the molecule is O=C(NCC1CCN(c2ncc(Cl)cn2)CC1)C1CCC1. The molecule has 6 heteroatoms. The van der Waals surface area contributed by atoms with Crippen LogP contribution >= 0.6 is 11.6 Å². The number of aromatic nitrogens is 2. The number of hydrogen-bond acceptors (Lipinski definition) is 4. The average molecular weight is 309 g/mol. The Morgan fingerprint density at radius 3 is 2.48 bits per heavy atom. The van der Waals surface area contributed by atoms with E-state index in [9.17, 15) is 4.79 Å². The van der Waals surface area contributed by atoms with Crippen LogP contribution in [0.4, 0.5) is 5.95 Å². The molecule has 1 aromatic rings. The van der Waals surface area contributed by atoms with E-state index in [4.69, 9.17) is 11.6 Å². The topological polar surface area (TPSA) is 58.1 Å². The Morgan fingerprint density at radius 2 is 1.90 bits per heavy atom. The minimum Gasteiger partial charge on any atom is -0.356 e. The fourth-order valence-corrected chi connectivity index (χ4v) is 2.96. The third kappa shape index (κ3) is 3.64. The molecule has 0 atom stereocenters. The van der Waals surface area contributed by atoms with Crippen molar-refractivity contribution in [3.05, 3.63) is 17.4 Å². The first kappa shape index (κ1) is 14.6. The van der Waals surface area contributed by atoms with Crippen molar-refractivity contribution in [1.82, 2.24) is 15.3 Å². The van der Waals surface area contributed by atoms with Crippen molar-refractivity contribution in [2.45, 2.75) is 32.1 Å². The van der Waals surface area contributed by atoms with Gasteiger partial charge in [-0.2, -0.15) is 0 Å². The van der Waals surface area contributed by atoms with Gasteiger partial charge in [0.2, 0.25) is 11.9 Å². The summed E-state index contributed by atoms with van der Waals surface area (Å²) in [6, 6.07) is 0. The lowest BCUT2D eigenvalue weighted by Crippen LogP contribution is -2.41. The number of piperidine rings is 1. The molecule has 2 aliphatic rings. The van der Waals surface area contributed by atoms with E-state index in [0.29, 0.717) is 10.9 Å². The van der Waals surface area contributed by atoms with Crippen molar-refractivity contribution in [3.63, 3.8) is 0 Å². The van der Waals surface area contributed by atoms with Crippen LogP contribution in [0.15, 0.2) is 12.4 Å². The first-order chi connectivity index (χ1) is 10.2. The number of amides is 1. The molecule has 21 heavy (non-hydrogen) atoms. The molecule has 5 nitrogen and oxygen atoms in total. The zero-order chi connectivity index (χ0) is 14.7. The number of anilines is 1. The first-order valence-electron chi connectivity index (χ1n) is 7.72. The fraction of sp³-hybridized carbons (Fsp3) is 0.667. The van der Waals surface area contributed by atoms with Gasteiger partial charge in [-0.3, -0.25) is 4.79 Å². The highest BCUT2D eigenvalue weighted by molar-refractivity contribution is 6.30. The summed E-state index contributed by atoms with van der Waals surface area (Å²) in [5.74, 6) is 1.85. The van der Waals surface area contributed by atoms with E-state index in [-0.39, 0.29) is 11.8 Å². The van der Waals surface area contributed by atoms with Crippen molar-refractivity contribution >= 4 is 23.5 Å². The summed E-state index contributed by atoms with van der Waals surface area (Å²) >= 11 is 5.80. The molecule has 0 bridgehead atoms. The number of rotatable bonds is 4. The highest BCUT2D eigenvalue weighted by atomic mass is 35.5. The molecule has 0 radical (unpaired) electrons. The maximum atomic E-state index is 11.8. The minimum atomic E-state index is 0.254. The number of carbonyl (C=O) groups excluding carboxylic acids is 1. The van der Waals surface area contributed by atoms with Gasteiger partial charge in [0.15, 0.2) is 0 Å². The molecule has 2 fully saturated rings. The molecular weight excluding hydrogens is 288 g/mol. The fourth-order valence-electron chi connectivity index (χ4n) is 2.87. The highest BCUT2D eigenvalue weighted by Gasteiger charge is 2.26. The summed E-state index contributed by atoms with van der Waals surface area (Å²) in [6.07, 6.45) is 8.74. The van der Waals surface area contributed by atoms with Crippen LogP contribution in [0.3, 0.4) is 0 Å². The van der Waals surface area contributed by atoms with E-state index in [2.05, 4.69) is 20.2 Å². The van der Waals surface area contributed by atoms with Gasteiger partial charge in [0.05, 0.1) is 17.4 Å². The van der Waals surface area contributed by atoms with Crippen LogP contribution in [0, 0.1) is 11.8 Å². The third-order valence-corrected chi connectivity index (χ3v) is 4.74. The zero-order valence-electron chi connectivity index (χ0n) is 12.1. The molecule has 1 aliphatic carbocycles. The van der Waals surface area contributed by atoms with Gasteiger partial charge >= 0.3 is 0 Å². The second kappa shape index (κ2) is 6.60. The van der Waals surface area contributed by atoms with Crippen LogP contribution in [0.1, 0.15) is 32.1 Å². The molecule has 3 rings (SSSR count). The minimum absolute atomic E-state index is 0.254. The molecule has 1 N–H and O–H groups in total. The Bertz CT molecular complexity index is 481. The van der Waals surface area contributed by atoms with Gasteiger partial charge in [0, 0.05) is 25.6 Å². The lowest BCUT2D eigenvalue weighted by Gasteiger charge is -2.32. The Balaban J connectivity index is 1.42. The van der Waals surface area contributed by atoms with Crippen molar-refractivity contribution in [2.24, 2.45) is 11.8 Å². The van der Waals surface area contributed by atoms with Crippen LogP contribution in [-0.2, 0) is 4.79 Å². The quantitative estimate of drug-likeness (QED) is 0.927. The number of halogens is 1. The van der Waals surface area contributed by atoms with Crippen molar-refractivity contribution < 1.29 is 4.79 Å². The van der Waals surface area contributed by atoms with Gasteiger partial charge in [-0.05, 0) is 31.6 Å². The largest absolute Gasteiger partial charge is 0.356 e. The van der Waals surface area contributed by atoms with Gasteiger partial charge in [0.25, 0.3) is 0 Å². The second-order valence-corrected chi connectivity index (χ2v) is 6.44. The Kier molecular flexibility index (Phi) is 4.58. The smallest absolute Gasteiger partial charge is 0.225 e. The van der Waals surface area contributed by atoms with Gasteiger partial charge in [-0.25, -0.2) is 9.97 Å². The molecule has 1 aliphatic heterocycles. The number of carbonyl (C=O) groups is 1. The molecule has 0 unspecified atom stereocenters. The van der Waals surface area contributed by atoms with Crippen LogP contribution in [0.5, 0.6) is 0 Å². The van der Waals surface area contributed by atoms with Crippen molar-refractivity contribution in [3.8, 4) is 0 Å². The zero-order valence-corrected chi connectivity index (χ0v) is 12.9. The van der Waals surface area contributed by atoms with E-state index >= 15 is 0 Å². The molecule has 0 aromatic carbocycles. The van der Waals surface area contributed by atoms with Gasteiger partial charge < -0.3 is 10.2 Å². The van der Waals surface area contributed by atoms with E-state index in [0.717, 1.165) is 51.3 Å². The molecule has 1 aromatic heterocycles. The lowest BCUT2D eigenvalue weighted by molar-refractivity contribution is -0.127.